The second kappa shape index (κ2) is 5.12. The maximum atomic E-state index is 6.81. The molecule has 21 heavy (non-hydrogen) atoms. The molecule has 0 fully saturated rings. The van der Waals surface area contributed by atoms with Crippen molar-refractivity contribution in [2.45, 2.75) is 25.1 Å². The second-order valence-electron chi connectivity index (χ2n) is 5.62. The third-order valence-electron chi connectivity index (χ3n) is 4.31. The summed E-state index contributed by atoms with van der Waals surface area (Å²) in [7, 11) is 0. The molecule has 0 radical (unpaired) electrons. The van der Waals surface area contributed by atoms with Crippen LogP contribution in [0.2, 0.25) is 0 Å². The molecule has 3 aromatic rings. The van der Waals surface area contributed by atoms with Gasteiger partial charge < -0.3 is 0 Å². The van der Waals surface area contributed by atoms with Gasteiger partial charge in [0.25, 0.3) is 0 Å². The summed E-state index contributed by atoms with van der Waals surface area (Å²) in [5, 5.41) is 2.68. The summed E-state index contributed by atoms with van der Waals surface area (Å²) in [6.45, 7) is 2.11. The van der Waals surface area contributed by atoms with Gasteiger partial charge >= 0.3 is 0 Å². The maximum absolute atomic E-state index is 6.81. The van der Waals surface area contributed by atoms with Gasteiger partial charge in [-0.25, -0.2) is 0 Å². The first-order valence-corrected chi connectivity index (χ1v) is 9.13. The Labute approximate surface area is 141 Å². The van der Waals surface area contributed by atoms with E-state index in [0.717, 1.165) is 12.8 Å². The number of rotatable bonds is 2. The van der Waals surface area contributed by atoms with Crippen LogP contribution in [-0.4, -0.2) is 0 Å². The fraction of sp³-hybridized carbons (Fsp3) is 0.222. The van der Waals surface area contributed by atoms with Crippen LogP contribution in [0.3, 0.4) is 0 Å². The third-order valence-corrected chi connectivity index (χ3v) is 7.11. The largest absolute Gasteiger partial charge is 0.131 e. The number of alkyl halides is 1. The summed E-state index contributed by atoms with van der Waals surface area (Å²) in [5.74, 6) is 0. The van der Waals surface area contributed by atoms with Gasteiger partial charge in [0.1, 0.15) is 0 Å². The van der Waals surface area contributed by atoms with Crippen molar-refractivity contribution in [3.05, 3.63) is 67.3 Å². The quantitative estimate of drug-likeness (QED) is 0.453. The van der Waals surface area contributed by atoms with Gasteiger partial charge in [-0.1, -0.05) is 30.3 Å². The highest BCUT2D eigenvalue weighted by molar-refractivity contribution is 9.11. The third kappa shape index (κ3) is 2.16. The van der Waals surface area contributed by atoms with Crippen LogP contribution in [0.15, 0.2) is 40.2 Å². The molecule has 4 rings (SSSR count). The Balaban J connectivity index is 1.91. The number of thiophene rings is 1. The summed E-state index contributed by atoms with van der Waals surface area (Å²) in [5.41, 5.74) is 5.42. The average molecular weight is 378 g/mol. The van der Waals surface area contributed by atoms with Gasteiger partial charge in [0.05, 0.1) is 9.16 Å². The Morgan fingerprint density at radius 1 is 1.14 bits per heavy atom. The first kappa shape index (κ1) is 13.8. The van der Waals surface area contributed by atoms with Gasteiger partial charge in [-0.15, -0.1) is 22.9 Å². The van der Waals surface area contributed by atoms with Crippen LogP contribution in [0.1, 0.15) is 32.5 Å². The summed E-state index contributed by atoms with van der Waals surface area (Å²) in [6.07, 6.45) is 2.32. The number of benzene rings is 2. The van der Waals surface area contributed by atoms with E-state index in [1.807, 2.05) is 0 Å². The van der Waals surface area contributed by atoms with E-state index in [9.17, 15) is 0 Å². The minimum atomic E-state index is -0.0788. The van der Waals surface area contributed by atoms with Crippen molar-refractivity contribution in [1.29, 1.82) is 0 Å². The minimum absolute atomic E-state index is 0.0788. The molecule has 1 aliphatic rings. The van der Waals surface area contributed by atoms with Crippen molar-refractivity contribution in [1.82, 2.24) is 0 Å². The molecule has 1 heterocycles. The zero-order valence-corrected chi connectivity index (χ0v) is 14.8. The van der Waals surface area contributed by atoms with E-state index in [-0.39, 0.29) is 5.38 Å². The molecule has 0 bridgehead atoms. The molecule has 1 aliphatic carbocycles. The van der Waals surface area contributed by atoms with E-state index in [2.05, 4.69) is 59.3 Å². The lowest BCUT2D eigenvalue weighted by molar-refractivity contribution is 1.02. The smallest absolute Gasteiger partial charge is 0.0934 e. The van der Waals surface area contributed by atoms with Crippen molar-refractivity contribution in [3.63, 3.8) is 0 Å². The van der Waals surface area contributed by atoms with E-state index in [4.69, 9.17) is 11.6 Å². The highest BCUT2D eigenvalue weighted by Crippen LogP contribution is 2.42. The van der Waals surface area contributed by atoms with Crippen molar-refractivity contribution >= 4 is 49.6 Å². The molecule has 0 saturated heterocycles. The van der Waals surface area contributed by atoms with Crippen LogP contribution in [0, 0.1) is 6.92 Å². The fourth-order valence-corrected chi connectivity index (χ4v) is 5.21. The van der Waals surface area contributed by atoms with Crippen LogP contribution in [0.4, 0.5) is 0 Å². The van der Waals surface area contributed by atoms with Crippen LogP contribution in [-0.2, 0) is 12.8 Å². The monoisotopic (exact) mass is 376 g/mol. The topological polar surface area (TPSA) is 0 Å². The normalized spacial score (nSPS) is 14.8. The molecule has 1 atom stereocenters. The van der Waals surface area contributed by atoms with Crippen molar-refractivity contribution < 1.29 is 0 Å². The Morgan fingerprint density at radius 3 is 2.62 bits per heavy atom. The standard InChI is InChI=1S/C18H14BrClS/c1-10-9-15(21-18(10)19)17(20)14-8-7-12-6-5-11-3-2-4-13(14)16(11)12/h2-4,7-9,17H,5-6H2,1H3. The fourth-order valence-electron chi connectivity index (χ4n) is 3.25. The summed E-state index contributed by atoms with van der Waals surface area (Å²) >= 11 is 12.1. The summed E-state index contributed by atoms with van der Waals surface area (Å²) < 4.78 is 1.18. The lowest BCUT2D eigenvalue weighted by atomic mass is 9.97. The van der Waals surface area contributed by atoms with Gasteiger partial charge in [0, 0.05) is 4.88 Å². The molecule has 0 spiro atoms. The van der Waals surface area contributed by atoms with Crippen molar-refractivity contribution in [2.24, 2.45) is 0 Å². The second-order valence-corrected chi connectivity index (χ2v) is 8.46. The van der Waals surface area contributed by atoms with Crippen LogP contribution >= 0.6 is 38.9 Å². The number of halogens is 2. The first-order valence-electron chi connectivity index (χ1n) is 7.08. The summed E-state index contributed by atoms with van der Waals surface area (Å²) in [4.78, 5) is 1.21. The van der Waals surface area contributed by atoms with Crippen LogP contribution in [0.25, 0.3) is 10.8 Å². The predicted molar refractivity (Wildman–Crippen MR) is 95.8 cm³/mol. The van der Waals surface area contributed by atoms with E-state index in [0.29, 0.717) is 0 Å². The van der Waals surface area contributed by atoms with Crippen molar-refractivity contribution in [3.8, 4) is 0 Å². The summed E-state index contributed by atoms with van der Waals surface area (Å²) in [6, 6.07) is 13.3. The molecular weight excluding hydrogens is 364 g/mol. The zero-order valence-electron chi connectivity index (χ0n) is 11.6. The Hall–Kier alpha value is -0.830. The van der Waals surface area contributed by atoms with Gasteiger partial charge in [-0.05, 0) is 74.8 Å². The zero-order chi connectivity index (χ0) is 14.6. The molecule has 0 nitrogen and oxygen atoms in total. The molecule has 0 amide bonds. The van der Waals surface area contributed by atoms with E-state index in [1.54, 1.807) is 11.3 Å². The minimum Gasteiger partial charge on any atom is -0.131 e. The highest BCUT2D eigenvalue weighted by Gasteiger charge is 2.21. The molecule has 3 heteroatoms. The van der Waals surface area contributed by atoms with Gasteiger partial charge in [0.15, 0.2) is 0 Å². The number of hydrogen-bond donors (Lipinski definition) is 0. The van der Waals surface area contributed by atoms with E-state index < -0.39 is 0 Å². The molecule has 1 unspecified atom stereocenters. The predicted octanol–water partition coefficient (Wildman–Crippen LogP) is 6.40. The van der Waals surface area contributed by atoms with Gasteiger partial charge in [0.2, 0.25) is 0 Å². The Kier molecular flexibility index (Phi) is 3.36. The van der Waals surface area contributed by atoms with Crippen LogP contribution < -0.4 is 0 Å². The molecule has 1 aromatic heterocycles. The highest BCUT2D eigenvalue weighted by atomic mass is 79.9. The molecule has 0 aliphatic heterocycles. The average Bonchev–Trinajstić information content (AvgIpc) is 3.05. The maximum Gasteiger partial charge on any atom is 0.0934 e. The van der Waals surface area contributed by atoms with E-state index >= 15 is 0 Å². The molecule has 2 aromatic carbocycles. The molecule has 0 saturated carbocycles. The van der Waals surface area contributed by atoms with Gasteiger partial charge in [-0.3, -0.25) is 0 Å². The molecule has 106 valence electrons. The molecular formula is C18H14BrClS. The number of hydrogen-bond acceptors (Lipinski definition) is 1. The SMILES string of the molecule is Cc1cc(C(Cl)c2ccc3c4c(cccc24)CC3)sc1Br. The lowest BCUT2D eigenvalue weighted by Gasteiger charge is -2.13. The Bertz CT molecular complexity index is 820. The lowest BCUT2D eigenvalue weighted by Crippen LogP contribution is -1.93. The Morgan fingerprint density at radius 2 is 1.90 bits per heavy atom. The number of aryl methyl sites for hydroxylation is 3. The molecule has 0 N–H and O–H groups in total. The first-order chi connectivity index (χ1) is 10.1. The van der Waals surface area contributed by atoms with Crippen LogP contribution in [0.5, 0.6) is 0 Å². The van der Waals surface area contributed by atoms with E-state index in [1.165, 1.54) is 41.7 Å². The van der Waals surface area contributed by atoms with Gasteiger partial charge in [-0.2, -0.15) is 0 Å². The van der Waals surface area contributed by atoms with Crippen molar-refractivity contribution in [2.75, 3.05) is 0 Å².